The Bertz CT molecular complexity index is 612. The molecule has 1 atom stereocenters. The van der Waals surface area contributed by atoms with Crippen molar-refractivity contribution in [2.24, 2.45) is 0 Å². The van der Waals surface area contributed by atoms with Crippen molar-refractivity contribution in [1.82, 2.24) is 19.4 Å². The van der Waals surface area contributed by atoms with Gasteiger partial charge in [-0.05, 0) is 59.0 Å². The number of imidazole rings is 1. The Morgan fingerprint density at radius 3 is 2.60 bits per heavy atom. The fourth-order valence-corrected chi connectivity index (χ4v) is 3.13. The van der Waals surface area contributed by atoms with Gasteiger partial charge in [-0.25, -0.2) is 9.97 Å². The molecular weight excluding hydrogens is 272 g/mol. The van der Waals surface area contributed by atoms with Gasteiger partial charge in [-0.15, -0.1) is 11.6 Å². The van der Waals surface area contributed by atoms with Gasteiger partial charge < -0.3 is 9.47 Å². The summed E-state index contributed by atoms with van der Waals surface area (Å²) < 4.78 is 2.28. The summed E-state index contributed by atoms with van der Waals surface area (Å²) in [6, 6.07) is 4.52. The van der Waals surface area contributed by atoms with Crippen LogP contribution in [-0.4, -0.2) is 39.6 Å². The van der Waals surface area contributed by atoms with Crippen LogP contribution in [0.1, 0.15) is 42.7 Å². The number of aryl methyl sites for hydroxylation is 1. The van der Waals surface area contributed by atoms with Crippen LogP contribution in [0.4, 0.5) is 0 Å². The average molecular weight is 293 g/mol. The summed E-state index contributed by atoms with van der Waals surface area (Å²) in [5.74, 6) is 0.953. The Kier molecular flexibility index (Phi) is 3.69. The summed E-state index contributed by atoms with van der Waals surface area (Å²) in [6.45, 7) is 6.24. The van der Waals surface area contributed by atoms with Crippen molar-refractivity contribution in [2.45, 2.75) is 38.1 Å². The Hall–Kier alpha value is -1.13. The molecule has 0 N–H and O–H groups in total. The summed E-state index contributed by atoms with van der Waals surface area (Å²) in [5, 5.41) is -0.0934. The van der Waals surface area contributed by atoms with Crippen LogP contribution in [0.3, 0.4) is 0 Å². The van der Waals surface area contributed by atoms with Crippen molar-refractivity contribution in [3.8, 4) is 0 Å². The first kappa shape index (κ1) is 13.8. The standard InChI is InChI=1S/C15H21ClN4/c1-10-4-5-13-15(17-10)20(14(18-13)11(2)16)12-6-8-19(3)9-7-12/h4-5,11-12H,6-9H2,1-3H3. The van der Waals surface area contributed by atoms with Crippen molar-refractivity contribution >= 4 is 22.8 Å². The Balaban J connectivity index is 2.10. The van der Waals surface area contributed by atoms with Crippen LogP contribution in [-0.2, 0) is 0 Å². The molecule has 0 aromatic carbocycles. The number of hydrogen-bond donors (Lipinski definition) is 0. The second-order valence-corrected chi connectivity index (χ2v) is 6.44. The van der Waals surface area contributed by atoms with E-state index in [-0.39, 0.29) is 5.38 Å². The van der Waals surface area contributed by atoms with Crippen LogP contribution in [0.25, 0.3) is 11.2 Å². The fourth-order valence-electron chi connectivity index (χ4n) is 2.98. The summed E-state index contributed by atoms with van der Waals surface area (Å²) in [7, 11) is 2.18. The zero-order valence-electron chi connectivity index (χ0n) is 12.3. The summed E-state index contributed by atoms with van der Waals surface area (Å²) in [4.78, 5) is 11.8. The SMILES string of the molecule is Cc1ccc2nc(C(C)Cl)n(C3CCN(C)CC3)c2n1. The number of rotatable bonds is 2. The predicted molar refractivity (Wildman–Crippen MR) is 82.3 cm³/mol. The first-order valence-corrected chi connectivity index (χ1v) is 7.68. The van der Waals surface area contributed by atoms with Crippen LogP contribution in [0.15, 0.2) is 12.1 Å². The largest absolute Gasteiger partial charge is 0.308 e. The molecule has 1 unspecified atom stereocenters. The molecule has 2 aromatic heterocycles. The molecule has 0 spiro atoms. The molecule has 3 rings (SSSR count). The lowest BCUT2D eigenvalue weighted by Gasteiger charge is -2.31. The van der Waals surface area contributed by atoms with E-state index in [4.69, 9.17) is 21.6 Å². The average Bonchev–Trinajstić information content (AvgIpc) is 2.78. The number of likely N-dealkylation sites (tertiary alicyclic amines) is 1. The number of halogens is 1. The van der Waals surface area contributed by atoms with E-state index in [0.717, 1.165) is 48.6 Å². The minimum atomic E-state index is -0.0934. The van der Waals surface area contributed by atoms with Crippen LogP contribution in [0.2, 0.25) is 0 Å². The summed E-state index contributed by atoms with van der Waals surface area (Å²) in [6.07, 6.45) is 2.27. The van der Waals surface area contributed by atoms with Gasteiger partial charge >= 0.3 is 0 Å². The first-order chi connectivity index (χ1) is 9.56. The fraction of sp³-hybridized carbons (Fsp3) is 0.600. The molecule has 20 heavy (non-hydrogen) atoms. The molecule has 0 aliphatic carbocycles. The van der Waals surface area contributed by atoms with Gasteiger partial charge in [0.1, 0.15) is 11.3 Å². The van der Waals surface area contributed by atoms with E-state index >= 15 is 0 Å². The highest BCUT2D eigenvalue weighted by atomic mass is 35.5. The van der Waals surface area contributed by atoms with E-state index in [9.17, 15) is 0 Å². The smallest absolute Gasteiger partial charge is 0.160 e. The lowest BCUT2D eigenvalue weighted by Crippen LogP contribution is -2.32. The van der Waals surface area contributed by atoms with Crippen LogP contribution in [0, 0.1) is 6.92 Å². The van der Waals surface area contributed by atoms with Gasteiger partial charge in [0.25, 0.3) is 0 Å². The van der Waals surface area contributed by atoms with Gasteiger partial charge in [-0.2, -0.15) is 0 Å². The second kappa shape index (κ2) is 5.34. The third-order valence-corrected chi connectivity index (χ3v) is 4.31. The molecule has 1 saturated heterocycles. The van der Waals surface area contributed by atoms with Gasteiger partial charge in [0.15, 0.2) is 5.65 Å². The van der Waals surface area contributed by atoms with E-state index in [1.807, 2.05) is 26.0 Å². The molecule has 1 fully saturated rings. The molecular formula is C15H21ClN4. The molecule has 1 aliphatic rings. The monoisotopic (exact) mass is 292 g/mol. The van der Waals surface area contributed by atoms with Gasteiger partial charge in [0.05, 0.1) is 5.38 Å². The molecule has 1 aliphatic heterocycles. The third-order valence-electron chi connectivity index (χ3n) is 4.11. The van der Waals surface area contributed by atoms with E-state index in [2.05, 4.69) is 16.5 Å². The van der Waals surface area contributed by atoms with Gasteiger partial charge in [-0.1, -0.05) is 0 Å². The topological polar surface area (TPSA) is 34.0 Å². The highest BCUT2D eigenvalue weighted by Gasteiger charge is 2.25. The quantitative estimate of drug-likeness (QED) is 0.797. The Morgan fingerprint density at radius 1 is 1.25 bits per heavy atom. The maximum atomic E-state index is 6.35. The van der Waals surface area contributed by atoms with E-state index in [0.29, 0.717) is 6.04 Å². The zero-order chi connectivity index (χ0) is 14.3. The highest BCUT2D eigenvalue weighted by Crippen LogP contribution is 2.31. The van der Waals surface area contributed by atoms with Gasteiger partial charge in [-0.3, -0.25) is 0 Å². The molecule has 0 bridgehead atoms. The number of hydrogen-bond acceptors (Lipinski definition) is 3. The molecule has 0 radical (unpaired) electrons. The number of aromatic nitrogens is 3. The molecule has 3 heterocycles. The predicted octanol–water partition coefficient (Wildman–Crippen LogP) is 3.31. The van der Waals surface area contributed by atoms with Gasteiger partial charge in [0.2, 0.25) is 0 Å². The molecule has 108 valence electrons. The van der Waals surface area contributed by atoms with E-state index in [1.165, 1.54) is 0 Å². The molecule has 4 nitrogen and oxygen atoms in total. The summed E-state index contributed by atoms with van der Waals surface area (Å²) in [5.41, 5.74) is 2.97. The third kappa shape index (κ3) is 2.42. The minimum absolute atomic E-state index is 0.0934. The molecule has 0 saturated carbocycles. The van der Waals surface area contributed by atoms with Gasteiger partial charge in [0, 0.05) is 11.7 Å². The minimum Gasteiger partial charge on any atom is -0.308 e. The zero-order valence-corrected chi connectivity index (χ0v) is 13.1. The van der Waals surface area contributed by atoms with Crippen molar-refractivity contribution in [3.63, 3.8) is 0 Å². The van der Waals surface area contributed by atoms with Crippen molar-refractivity contribution in [3.05, 3.63) is 23.7 Å². The van der Waals surface area contributed by atoms with Crippen LogP contribution < -0.4 is 0 Å². The Morgan fingerprint density at radius 2 is 1.95 bits per heavy atom. The molecule has 5 heteroatoms. The van der Waals surface area contributed by atoms with Crippen LogP contribution in [0.5, 0.6) is 0 Å². The second-order valence-electron chi connectivity index (χ2n) is 5.79. The highest BCUT2D eigenvalue weighted by molar-refractivity contribution is 6.20. The Labute approximate surface area is 124 Å². The normalized spacial score (nSPS) is 19.6. The summed E-state index contributed by atoms with van der Waals surface area (Å²) >= 11 is 6.35. The molecule has 2 aromatic rings. The van der Waals surface area contributed by atoms with E-state index in [1.54, 1.807) is 0 Å². The van der Waals surface area contributed by atoms with Crippen molar-refractivity contribution in [2.75, 3.05) is 20.1 Å². The van der Waals surface area contributed by atoms with Crippen molar-refractivity contribution < 1.29 is 0 Å². The number of nitrogens with zero attached hydrogens (tertiary/aromatic N) is 4. The number of alkyl halides is 1. The number of fused-ring (bicyclic) bond motifs is 1. The number of pyridine rings is 1. The van der Waals surface area contributed by atoms with Crippen LogP contribution >= 0.6 is 11.6 Å². The maximum Gasteiger partial charge on any atom is 0.160 e. The first-order valence-electron chi connectivity index (χ1n) is 7.24. The molecule has 0 amide bonds. The maximum absolute atomic E-state index is 6.35. The lowest BCUT2D eigenvalue weighted by atomic mass is 10.1. The van der Waals surface area contributed by atoms with Crippen molar-refractivity contribution in [1.29, 1.82) is 0 Å². The van der Waals surface area contributed by atoms with E-state index < -0.39 is 0 Å². The number of piperidine rings is 1. The lowest BCUT2D eigenvalue weighted by molar-refractivity contribution is 0.221.